The third-order valence-corrected chi connectivity index (χ3v) is 2.67. The van der Waals surface area contributed by atoms with Crippen LogP contribution < -0.4 is 4.90 Å². The highest BCUT2D eigenvalue weighted by molar-refractivity contribution is 6.34. The molecule has 0 saturated carbocycles. The highest BCUT2D eigenvalue weighted by Crippen LogP contribution is 2.36. The van der Waals surface area contributed by atoms with Gasteiger partial charge in [0.25, 0.3) is 5.91 Å². The first-order valence-electron chi connectivity index (χ1n) is 4.39. The molecule has 0 bridgehead atoms. The summed E-state index contributed by atoms with van der Waals surface area (Å²) in [5.41, 5.74) is 2.60. The van der Waals surface area contributed by atoms with Crippen LogP contribution in [0.3, 0.4) is 0 Å². The van der Waals surface area contributed by atoms with Crippen LogP contribution in [-0.2, 0) is 4.79 Å². The topological polar surface area (TPSA) is 20.3 Å². The number of hydrogen-bond acceptors (Lipinski definition) is 1. The van der Waals surface area contributed by atoms with Crippen molar-refractivity contribution >= 4 is 28.8 Å². The molecule has 0 N–H and O–H groups in total. The van der Waals surface area contributed by atoms with Crippen LogP contribution in [0, 0.1) is 0 Å². The zero-order valence-corrected chi connectivity index (χ0v) is 8.80. The van der Waals surface area contributed by atoms with Gasteiger partial charge in [0.15, 0.2) is 0 Å². The summed E-state index contributed by atoms with van der Waals surface area (Å²) in [5, 5.41) is 0.653. The quantitative estimate of drug-likeness (QED) is 0.599. The molecule has 1 aliphatic heterocycles. The van der Waals surface area contributed by atoms with Crippen LogP contribution in [-0.4, -0.2) is 13.0 Å². The van der Waals surface area contributed by atoms with E-state index in [1.165, 1.54) is 0 Å². The number of fused-ring (bicyclic) bond motifs is 1. The third-order valence-electron chi connectivity index (χ3n) is 2.44. The number of carbonyl (C=O) groups excluding carboxylic acids is 1. The number of benzene rings is 1. The van der Waals surface area contributed by atoms with E-state index in [0.717, 1.165) is 16.8 Å². The van der Waals surface area contributed by atoms with E-state index in [2.05, 4.69) is 0 Å². The lowest BCUT2D eigenvalue weighted by atomic mass is 10.1. The van der Waals surface area contributed by atoms with Crippen LogP contribution in [0.5, 0.6) is 0 Å². The molecule has 0 radical (unpaired) electrons. The summed E-state index contributed by atoms with van der Waals surface area (Å²) in [5.74, 6) is 0.0322. The number of hydrogen-bond donors (Lipinski definition) is 0. The molecule has 0 saturated heterocycles. The van der Waals surface area contributed by atoms with Gasteiger partial charge in [-0.05, 0) is 19.1 Å². The van der Waals surface area contributed by atoms with Gasteiger partial charge in [-0.2, -0.15) is 0 Å². The van der Waals surface area contributed by atoms with Gasteiger partial charge in [-0.1, -0.05) is 23.7 Å². The second-order valence-corrected chi connectivity index (χ2v) is 3.66. The van der Waals surface area contributed by atoms with Gasteiger partial charge < -0.3 is 4.90 Å². The normalized spacial score (nSPS) is 17.8. The largest absolute Gasteiger partial charge is 0.311 e. The van der Waals surface area contributed by atoms with Crippen LogP contribution in [0.4, 0.5) is 5.69 Å². The Morgan fingerprint density at radius 1 is 1.43 bits per heavy atom. The first-order chi connectivity index (χ1) is 6.65. The Labute approximate surface area is 87.8 Å². The lowest BCUT2D eigenvalue weighted by Crippen LogP contribution is -2.20. The Morgan fingerprint density at radius 3 is 2.79 bits per heavy atom. The Morgan fingerprint density at radius 2 is 2.14 bits per heavy atom. The lowest BCUT2D eigenvalue weighted by Gasteiger charge is -2.08. The van der Waals surface area contributed by atoms with Crippen molar-refractivity contribution in [3.63, 3.8) is 0 Å². The van der Waals surface area contributed by atoms with Crippen LogP contribution in [0.25, 0.3) is 5.57 Å². The van der Waals surface area contributed by atoms with Crippen molar-refractivity contribution in [1.82, 2.24) is 0 Å². The fourth-order valence-electron chi connectivity index (χ4n) is 1.69. The van der Waals surface area contributed by atoms with Gasteiger partial charge in [0.2, 0.25) is 0 Å². The highest BCUT2D eigenvalue weighted by Gasteiger charge is 2.28. The fraction of sp³-hybridized carbons (Fsp3) is 0.182. The van der Waals surface area contributed by atoms with Crippen molar-refractivity contribution in [1.29, 1.82) is 0 Å². The zero-order chi connectivity index (χ0) is 10.3. The SMILES string of the molecule is C/C=C1/C(=O)N(C)c2cc(Cl)ccc21. The maximum Gasteiger partial charge on any atom is 0.258 e. The van der Waals surface area contributed by atoms with Gasteiger partial charge in [-0.25, -0.2) is 0 Å². The summed E-state index contributed by atoms with van der Waals surface area (Å²) in [6, 6.07) is 5.50. The van der Waals surface area contributed by atoms with Gasteiger partial charge in [0.05, 0.1) is 5.69 Å². The predicted molar refractivity (Wildman–Crippen MR) is 58.5 cm³/mol. The first-order valence-corrected chi connectivity index (χ1v) is 4.77. The molecule has 0 spiro atoms. The molecular weight excluding hydrogens is 198 g/mol. The molecule has 1 heterocycles. The molecule has 1 amide bonds. The molecule has 2 nitrogen and oxygen atoms in total. The number of allylic oxidation sites excluding steroid dienone is 1. The van der Waals surface area contributed by atoms with E-state index in [1.807, 2.05) is 25.1 Å². The summed E-state index contributed by atoms with van der Waals surface area (Å²) >= 11 is 5.87. The Bertz CT molecular complexity index is 437. The smallest absolute Gasteiger partial charge is 0.258 e. The van der Waals surface area contributed by atoms with Gasteiger partial charge in [0, 0.05) is 23.2 Å². The molecule has 0 aromatic heterocycles. The molecule has 0 fully saturated rings. The van der Waals surface area contributed by atoms with Crippen molar-refractivity contribution in [2.45, 2.75) is 6.92 Å². The number of halogens is 1. The Hall–Kier alpha value is -1.28. The van der Waals surface area contributed by atoms with E-state index in [0.29, 0.717) is 5.02 Å². The average molecular weight is 208 g/mol. The van der Waals surface area contributed by atoms with Gasteiger partial charge >= 0.3 is 0 Å². The Kier molecular flexibility index (Phi) is 2.08. The molecule has 72 valence electrons. The number of nitrogens with zero attached hydrogens (tertiary/aromatic N) is 1. The van der Waals surface area contributed by atoms with Crippen molar-refractivity contribution < 1.29 is 4.79 Å². The summed E-state index contributed by atoms with van der Waals surface area (Å²) in [4.78, 5) is 13.3. The molecule has 14 heavy (non-hydrogen) atoms. The molecule has 0 aliphatic carbocycles. The molecule has 1 aromatic carbocycles. The van der Waals surface area contributed by atoms with E-state index < -0.39 is 0 Å². The monoisotopic (exact) mass is 207 g/mol. The summed E-state index contributed by atoms with van der Waals surface area (Å²) < 4.78 is 0. The van der Waals surface area contributed by atoms with Crippen molar-refractivity contribution in [3.8, 4) is 0 Å². The number of anilines is 1. The first kappa shape index (κ1) is 9.28. The average Bonchev–Trinajstić information content (AvgIpc) is 2.41. The maximum atomic E-state index is 11.7. The fourth-order valence-corrected chi connectivity index (χ4v) is 1.86. The van der Waals surface area contributed by atoms with Crippen molar-refractivity contribution in [3.05, 3.63) is 34.9 Å². The standard InChI is InChI=1S/C11H10ClNO/c1-3-8-9-5-4-7(12)6-10(9)13(2)11(8)14/h3-6H,1-2H3/b8-3+. The molecular formula is C11H10ClNO. The van der Waals surface area contributed by atoms with Gasteiger partial charge in [0.1, 0.15) is 0 Å². The minimum absolute atomic E-state index is 0.0322. The van der Waals surface area contributed by atoms with Crippen LogP contribution >= 0.6 is 11.6 Å². The second-order valence-electron chi connectivity index (χ2n) is 3.23. The number of amides is 1. The number of likely N-dealkylation sites (N-methyl/N-ethyl adjacent to an activating group) is 1. The zero-order valence-electron chi connectivity index (χ0n) is 8.04. The summed E-state index contributed by atoms with van der Waals surface area (Å²) in [6.07, 6.45) is 1.83. The Balaban J connectivity index is 2.67. The van der Waals surface area contributed by atoms with Crippen LogP contribution in [0.2, 0.25) is 5.02 Å². The highest BCUT2D eigenvalue weighted by atomic mass is 35.5. The minimum atomic E-state index is 0.0322. The van der Waals surface area contributed by atoms with E-state index in [1.54, 1.807) is 18.0 Å². The maximum absolute atomic E-state index is 11.7. The summed E-state index contributed by atoms with van der Waals surface area (Å²) in [6.45, 7) is 1.87. The van der Waals surface area contributed by atoms with E-state index in [-0.39, 0.29) is 5.91 Å². The minimum Gasteiger partial charge on any atom is -0.311 e. The van der Waals surface area contributed by atoms with E-state index in [4.69, 9.17) is 11.6 Å². The molecule has 1 aliphatic rings. The molecule has 3 heteroatoms. The van der Waals surface area contributed by atoms with Gasteiger partial charge in [-0.3, -0.25) is 4.79 Å². The van der Waals surface area contributed by atoms with E-state index in [9.17, 15) is 4.79 Å². The van der Waals surface area contributed by atoms with Crippen molar-refractivity contribution in [2.75, 3.05) is 11.9 Å². The molecule has 0 unspecified atom stereocenters. The second kappa shape index (κ2) is 3.14. The number of rotatable bonds is 0. The summed E-state index contributed by atoms with van der Waals surface area (Å²) in [7, 11) is 1.76. The predicted octanol–water partition coefficient (Wildman–Crippen LogP) is 2.72. The molecule has 1 aromatic rings. The molecule has 2 rings (SSSR count). The van der Waals surface area contributed by atoms with Crippen LogP contribution in [0.1, 0.15) is 12.5 Å². The lowest BCUT2D eigenvalue weighted by molar-refractivity contribution is -0.112. The third kappa shape index (κ3) is 1.15. The van der Waals surface area contributed by atoms with Gasteiger partial charge in [-0.15, -0.1) is 0 Å². The number of carbonyl (C=O) groups is 1. The molecule has 0 atom stereocenters. The van der Waals surface area contributed by atoms with E-state index >= 15 is 0 Å². The van der Waals surface area contributed by atoms with Crippen LogP contribution in [0.15, 0.2) is 24.3 Å². The van der Waals surface area contributed by atoms with Crippen molar-refractivity contribution in [2.24, 2.45) is 0 Å².